The smallest absolute Gasteiger partial charge is 0.164 e. The highest BCUT2D eigenvalue weighted by Crippen LogP contribution is 2.49. The van der Waals surface area contributed by atoms with E-state index in [-0.39, 0.29) is 0 Å². The Labute approximate surface area is 254 Å². The summed E-state index contributed by atoms with van der Waals surface area (Å²) >= 11 is 3.74. The van der Waals surface area contributed by atoms with Gasteiger partial charge in [0.05, 0.1) is 19.7 Å². The van der Waals surface area contributed by atoms with Gasteiger partial charge in [-0.05, 0) is 48.5 Å². The number of benzene rings is 4. The number of thiophene rings is 2. The third-order valence-electron chi connectivity index (χ3n) is 7.79. The van der Waals surface area contributed by atoms with Crippen molar-refractivity contribution in [3.63, 3.8) is 0 Å². The summed E-state index contributed by atoms with van der Waals surface area (Å²) < 4.78 is 6.31. The van der Waals surface area contributed by atoms with E-state index in [0.717, 1.165) is 22.4 Å². The molecule has 0 unspecified atom stereocenters. The number of para-hydroxylation sites is 2. The average molecular weight is 588 g/mol. The predicted octanol–water partition coefficient (Wildman–Crippen LogP) is 9.79. The molecule has 4 aromatic carbocycles. The normalized spacial score (nSPS) is 11.7. The first kappa shape index (κ1) is 24.4. The summed E-state index contributed by atoms with van der Waals surface area (Å²) in [6, 6.07) is 39.9. The quantitative estimate of drug-likeness (QED) is 0.206. The van der Waals surface area contributed by atoms with E-state index in [9.17, 15) is 0 Å². The Morgan fingerprint density at radius 2 is 1.19 bits per heavy atom. The van der Waals surface area contributed by atoms with Gasteiger partial charge in [-0.25, -0.2) is 15.0 Å². The van der Waals surface area contributed by atoms with Crippen LogP contribution in [0.4, 0.5) is 0 Å². The lowest BCUT2D eigenvalue weighted by atomic mass is 10.1. The van der Waals surface area contributed by atoms with E-state index in [1.165, 1.54) is 40.6 Å². The first-order valence-electron chi connectivity index (χ1n) is 14.0. The molecule has 0 N–H and O–H groups in total. The van der Waals surface area contributed by atoms with Gasteiger partial charge in [0.25, 0.3) is 0 Å². The maximum atomic E-state index is 4.98. The first-order chi connectivity index (χ1) is 21.3. The Morgan fingerprint density at radius 1 is 0.535 bits per heavy atom. The van der Waals surface area contributed by atoms with Crippen molar-refractivity contribution < 1.29 is 0 Å². The van der Waals surface area contributed by atoms with Gasteiger partial charge < -0.3 is 4.57 Å². The van der Waals surface area contributed by atoms with E-state index < -0.39 is 0 Å². The zero-order valence-electron chi connectivity index (χ0n) is 22.7. The van der Waals surface area contributed by atoms with Crippen LogP contribution in [0.15, 0.2) is 128 Å². The minimum Gasteiger partial charge on any atom is -0.308 e. The van der Waals surface area contributed by atoms with Crippen LogP contribution in [0.5, 0.6) is 0 Å². The Morgan fingerprint density at radius 3 is 1.95 bits per heavy atom. The molecule has 43 heavy (non-hydrogen) atoms. The second-order valence-corrected chi connectivity index (χ2v) is 12.7. The predicted molar refractivity (Wildman–Crippen MR) is 179 cm³/mol. The van der Waals surface area contributed by atoms with E-state index in [1.54, 1.807) is 12.4 Å². The maximum absolute atomic E-state index is 4.98. The highest BCUT2D eigenvalue weighted by Gasteiger charge is 2.22. The topological polar surface area (TPSA) is 56.5 Å². The molecule has 0 spiro atoms. The number of aromatic nitrogens is 5. The third-order valence-corrected chi connectivity index (χ3v) is 10.3. The lowest BCUT2D eigenvalue weighted by Gasteiger charge is -2.09. The molecule has 202 valence electrons. The SMILES string of the molecule is c1ccc(-c2nc(-c3ccncc3)nc(-c3ccc4sc5sc6c7ccccc7n(-c7ccccc7)c6c5c4c3)n2)cc1. The number of hydrogen-bond acceptors (Lipinski definition) is 6. The summed E-state index contributed by atoms with van der Waals surface area (Å²) in [7, 11) is 0. The summed E-state index contributed by atoms with van der Waals surface area (Å²) in [5.41, 5.74) is 6.46. The third kappa shape index (κ3) is 3.90. The van der Waals surface area contributed by atoms with Crippen molar-refractivity contribution in [3.8, 4) is 39.9 Å². The van der Waals surface area contributed by atoms with Gasteiger partial charge in [0.2, 0.25) is 0 Å². The van der Waals surface area contributed by atoms with Crippen LogP contribution in [0, 0.1) is 0 Å². The van der Waals surface area contributed by atoms with Crippen LogP contribution < -0.4 is 0 Å². The van der Waals surface area contributed by atoms with Crippen molar-refractivity contribution in [1.82, 2.24) is 24.5 Å². The zero-order valence-corrected chi connectivity index (χ0v) is 24.3. The molecule has 0 atom stereocenters. The van der Waals surface area contributed by atoms with Gasteiger partial charge in [0.15, 0.2) is 17.5 Å². The number of fused-ring (bicyclic) bond motifs is 7. The second-order valence-electron chi connectivity index (χ2n) is 10.4. The molecule has 0 bridgehead atoms. The molecular weight excluding hydrogens is 567 g/mol. The van der Waals surface area contributed by atoms with Crippen LogP contribution in [-0.4, -0.2) is 24.5 Å². The van der Waals surface area contributed by atoms with Crippen LogP contribution in [0.25, 0.3) is 80.5 Å². The highest BCUT2D eigenvalue weighted by molar-refractivity contribution is 7.45. The number of pyridine rings is 1. The zero-order chi connectivity index (χ0) is 28.3. The van der Waals surface area contributed by atoms with Crippen molar-refractivity contribution >= 4 is 63.3 Å². The summed E-state index contributed by atoms with van der Waals surface area (Å²) in [5, 5.41) is 3.79. The Kier molecular flexibility index (Phi) is 5.47. The van der Waals surface area contributed by atoms with E-state index in [1.807, 2.05) is 65.1 Å². The molecule has 7 heteroatoms. The molecule has 0 fully saturated rings. The minimum absolute atomic E-state index is 0.629. The van der Waals surface area contributed by atoms with Crippen LogP contribution in [0.3, 0.4) is 0 Å². The van der Waals surface area contributed by atoms with Gasteiger partial charge in [0.1, 0.15) is 0 Å². The number of nitrogens with zero attached hydrogens (tertiary/aromatic N) is 5. The minimum atomic E-state index is 0.629. The van der Waals surface area contributed by atoms with E-state index in [4.69, 9.17) is 15.0 Å². The van der Waals surface area contributed by atoms with Crippen LogP contribution in [0.2, 0.25) is 0 Å². The summed E-state index contributed by atoms with van der Waals surface area (Å²) in [5.74, 6) is 1.93. The summed E-state index contributed by atoms with van der Waals surface area (Å²) in [6.07, 6.45) is 3.53. The monoisotopic (exact) mass is 587 g/mol. The van der Waals surface area contributed by atoms with Crippen molar-refractivity contribution in [2.24, 2.45) is 0 Å². The van der Waals surface area contributed by atoms with Crippen molar-refractivity contribution in [2.45, 2.75) is 0 Å². The van der Waals surface area contributed by atoms with Crippen molar-refractivity contribution in [3.05, 3.63) is 128 Å². The van der Waals surface area contributed by atoms with Crippen molar-refractivity contribution in [1.29, 1.82) is 0 Å². The van der Waals surface area contributed by atoms with Gasteiger partial charge in [-0.1, -0.05) is 66.7 Å². The van der Waals surface area contributed by atoms with Crippen LogP contribution >= 0.6 is 22.7 Å². The number of rotatable bonds is 4. The molecule has 5 aromatic heterocycles. The summed E-state index contributed by atoms with van der Waals surface area (Å²) in [6.45, 7) is 0. The maximum Gasteiger partial charge on any atom is 0.164 e. The Bertz CT molecular complexity index is 2390. The molecule has 0 saturated heterocycles. The fourth-order valence-electron chi connectivity index (χ4n) is 5.84. The standard InChI is InChI=1S/C36H21N5S2/c1-3-9-22(10-4-1)33-38-34(23-17-19-37-20-18-23)40-35(39-33)24-15-16-29-27(21-24)30-31-32(43-36(30)42-29)26-13-7-8-14-28(26)41(31)25-11-5-2-6-12-25/h1-21H. The second kappa shape index (κ2) is 9.66. The molecule has 0 aliphatic carbocycles. The fraction of sp³-hybridized carbons (Fsp3) is 0. The Balaban J connectivity index is 1.32. The van der Waals surface area contributed by atoms with E-state index >= 15 is 0 Å². The summed E-state index contributed by atoms with van der Waals surface area (Å²) in [4.78, 5) is 19.0. The van der Waals surface area contributed by atoms with Crippen LogP contribution in [-0.2, 0) is 0 Å². The van der Waals surface area contributed by atoms with Gasteiger partial charge in [-0.15, -0.1) is 22.7 Å². The molecule has 9 rings (SSSR count). The lowest BCUT2D eigenvalue weighted by molar-refractivity contribution is 1.07. The fourth-order valence-corrected chi connectivity index (χ4v) is 8.51. The molecule has 5 heterocycles. The molecule has 0 amide bonds. The number of hydrogen-bond donors (Lipinski definition) is 0. The van der Waals surface area contributed by atoms with Gasteiger partial charge in [-0.3, -0.25) is 4.98 Å². The molecule has 0 saturated carbocycles. The lowest BCUT2D eigenvalue weighted by Crippen LogP contribution is -2.00. The van der Waals surface area contributed by atoms with Crippen LogP contribution in [0.1, 0.15) is 0 Å². The average Bonchev–Trinajstić information content (AvgIpc) is 3.72. The molecule has 5 nitrogen and oxygen atoms in total. The van der Waals surface area contributed by atoms with Gasteiger partial charge in [-0.2, -0.15) is 0 Å². The highest BCUT2D eigenvalue weighted by atomic mass is 32.2. The van der Waals surface area contributed by atoms with E-state index in [0.29, 0.717) is 17.5 Å². The van der Waals surface area contributed by atoms with Gasteiger partial charge >= 0.3 is 0 Å². The van der Waals surface area contributed by atoms with E-state index in [2.05, 4.69) is 82.3 Å². The molecular formula is C36H21N5S2. The molecule has 9 aromatic rings. The largest absolute Gasteiger partial charge is 0.308 e. The van der Waals surface area contributed by atoms with Gasteiger partial charge in [0, 0.05) is 55.6 Å². The molecule has 0 radical (unpaired) electrons. The molecule has 0 aliphatic heterocycles. The van der Waals surface area contributed by atoms with Crippen molar-refractivity contribution in [2.75, 3.05) is 0 Å². The molecule has 0 aliphatic rings. The Hall–Kier alpha value is -5.24. The first-order valence-corrected chi connectivity index (χ1v) is 15.6.